The highest BCUT2D eigenvalue weighted by atomic mass is 16.5. The summed E-state index contributed by atoms with van der Waals surface area (Å²) >= 11 is 0. The second-order valence-corrected chi connectivity index (χ2v) is 6.33. The number of hydrogen-bond donors (Lipinski definition) is 0. The highest BCUT2D eigenvalue weighted by Gasteiger charge is 2.18. The van der Waals surface area contributed by atoms with E-state index in [0.717, 1.165) is 44.2 Å². The molecule has 26 heavy (non-hydrogen) atoms. The van der Waals surface area contributed by atoms with Crippen molar-refractivity contribution in [2.75, 3.05) is 7.11 Å². The van der Waals surface area contributed by atoms with E-state index in [1.54, 1.807) is 7.11 Å². The maximum atomic E-state index is 6.01. The topological polar surface area (TPSA) is 18.5 Å². The van der Waals surface area contributed by atoms with E-state index in [2.05, 4.69) is 49.0 Å². The summed E-state index contributed by atoms with van der Waals surface area (Å²) in [6.45, 7) is 5.78. The molecule has 128 valence electrons. The van der Waals surface area contributed by atoms with Gasteiger partial charge in [0.25, 0.3) is 0 Å². The highest BCUT2D eigenvalue weighted by molar-refractivity contribution is 6.09. The molecule has 0 aliphatic rings. The number of hydrogen-bond acceptors (Lipinski definition) is 2. The van der Waals surface area contributed by atoms with Crippen molar-refractivity contribution in [2.45, 2.75) is 6.92 Å². The lowest BCUT2D eigenvalue weighted by atomic mass is 9.92. The predicted molar refractivity (Wildman–Crippen MR) is 109 cm³/mol. The third kappa shape index (κ3) is 2.70. The lowest BCUT2D eigenvalue weighted by Crippen LogP contribution is -1.96. The fourth-order valence-corrected chi connectivity index (χ4v) is 3.46. The van der Waals surface area contributed by atoms with Crippen LogP contribution in [0.1, 0.15) is 6.92 Å². The molecule has 0 N–H and O–H groups in total. The standard InChI is InChI=1S/C24H20O2/c1-16(2)26-22-15-13-18-9-5-7-11-20(18)24(22)23-19-10-6-4-8-17(19)12-14-21(23)25-3/h4-15H,1H2,2-3H3. The van der Waals surface area contributed by atoms with E-state index in [4.69, 9.17) is 9.47 Å². The van der Waals surface area contributed by atoms with E-state index in [9.17, 15) is 0 Å². The number of benzene rings is 4. The van der Waals surface area contributed by atoms with Crippen molar-refractivity contribution in [3.05, 3.63) is 85.1 Å². The van der Waals surface area contributed by atoms with Crippen LogP contribution in [0.25, 0.3) is 32.7 Å². The average Bonchev–Trinajstić information content (AvgIpc) is 2.67. The third-order valence-corrected chi connectivity index (χ3v) is 4.54. The van der Waals surface area contributed by atoms with E-state index in [1.165, 1.54) is 0 Å². The average molecular weight is 340 g/mol. The minimum Gasteiger partial charge on any atom is -0.496 e. The van der Waals surface area contributed by atoms with Crippen molar-refractivity contribution in [3.63, 3.8) is 0 Å². The van der Waals surface area contributed by atoms with Gasteiger partial charge in [-0.1, -0.05) is 67.2 Å². The van der Waals surface area contributed by atoms with Crippen LogP contribution in [0.4, 0.5) is 0 Å². The van der Waals surface area contributed by atoms with Crippen LogP contribution >= 0.6 is 0 Å². The van der Waals surface area contributed by atoms with Crippen molar-refractivity contribution in [3.8, 4) is 22.6 Å². The van der Waals surface area contributed by atoms with Crippen molar-refractivity contribution >= 4 is 21.5 Å². The summed E-state index contributed by atoms with van der Waals surface area (Å²) in [4.78, 5) is 0. The van der Waals surface area contributed by atoms with Crippen LogP contribution in [0.2, 0.25) is 0 Å². The maximum Gasteiger partial charge on any atom is 0.135 e. The fraction of sp³-hybridized carbons (Fsp3) is 0.0833. The van der Waals surface area contributed by atoms with Crippen molar-refractivity contribution in [1.29, 1.82) is 0 Å². The first kappa shape index (κ1) is 16.2. The second-order valence-electron chi connectivity index (χ2n) is 6.33. The van der Waals surface area contributed by atoms with Gasteiger partial charge in [0.1, 0.15) is 11.5 Å². The number of allylic oxidation sites excluding steroid dienone is 1. The van der Waals surface area contributed by atoms with Gasteiger partial charge in [0.2, 0.25) is 0 Å². The van der Waals surface area contributed by atoms with Gasteiger partial charge in [0.05, 0.1) is 12.9 Å². The van der Waals surface area contributed by atoms with Crippen LogP contribution in [0, 0.1) is 0 Å². The molecule has 0 aliphatic carbocycles. The fourth-order valence-electron chi connectivity index (χ4n) is 3.46. The number of rotatable bonds is 4. The van der Waals surface area contributed by atoms with Gasteiger partial charge in [-0.2, -0.15) is 0 Å². The zero-order chi connectivity index (χ0) is 18.1. The summed E-state index contributed by atoms with van der Waals surface area (Å²) in [6, 6.07) is 24.9. The van der Waals surface area contributed by atoms with Crippen LogP contribution < -0.4 is 9.47 Å². The molecule has 0 bridgehead atoms. The molecule has 4 rings (SSSR count). The summed E-state index contributed by atoms with van der Waals surface area (Å²) in [6.07, 6.45) is 0. The largest absolute Gasteiger partial charge is 0.496 e. The lowest BCUT2D eigenvalue weighted by Gasteiger charge is -2.18. The molecule has 2 nitrogen and oxygen atoms in total. The van der Waals surface area contributed by atoms with E-state index in [0.29, 0.717) is 5.76 Å². The first-order valence-corrected chi connectivity index (χ1v) is 8.60. The van der Waals surface area contributed by atoms with Gasteiger partial charge in [0.15, 0.2) is 0 Å². The molecule has 0 unspecified atom stereocenters. The Bertz CT molecular complexity index is 1130. The molecular formula is C24H20O2. The normalized spacial score (nSPS) is 10.8. The first-order valence-electron chi connectivity index (χ1n) is 8.60. The maximum absolute atomic E-state index is 6.01. The Labute approximate surface area is 153 Å². The summed E-state index contributed by atoms with van der Waals surface area (Å²) in [5.74, 6) is 2.26. The molecule has 0 saturated heterocycles. The first-order chi connectivity index (χ1) is 12.7. The van der Waals surface area contributed by atoms with Crippen molar-refractivity contribution < 1.29 is 9.47 Å². The molecule has 0 amide bonds. The van der Waals surface area contributed by atoms with E-state index in [1.807, 2.05) is 37.3 Å². The van der Waals surface area contributed by atoms with Gasteiger partial charge in [-0.05, 0) is 40.6 Å². The zero-order valence-corrected chi connectivity index (χ0v) is 15.0. The molecule has 4 aromatic carbocycles. The Morgan fingerprint density at radius 3 is 1.73 bits per heavy atom. The van der Waals surface area contributed by atoms with E-state index in [-0.39, 0.29) is 0 Å². The Morgan fingerprint density at radius 1 is 0.692 bits per heavy atom. The number of ether oxygens (including phenoxy) is 2. The summed E-state index contributed by atoms with van der Waals surface area (Å²) in [5.41, 5.74) is 2.07. The van der Waals surface area contributed by atoms with Gasteiger partial charge in [-0.15, -0.1) is 0 Å². The summed E-state index contributed by atoms with van der Waals surface area (Å²) in [5, 5.41) is 4.58. The van der Waals surface area contributed by atoms with Gasteiger partial charge < -0.3 is 9.47 Å². The molecule has 0 heterocycles. The second kappa shape index (κ2) is 6.57. The van der Waals surface area contributed by atoms with Gasteiger partial charge in [0, 0.05) is 11.1 Å². The Kier molecular flexibility index (Phi) is 4.10. The SMILES string of the molecule is C=C(C)Oc1ccc2ccccc2c1-c1c(OC)ccc2ccccc12. The molecule has 0 fully saturated rings. The monoisotopic (exact) mass is 340 g/mol. The molecule has 2 heteroatoms. The third-order valence-electron chi connectivity index (χ3n) is 4.54. The quantitative estimate of drug-likeness (QED) is 0.391. The zero-order valence-electron chi connectivity index (χ0n) is 15.0. The predicted octanol–water partition coefficient (Wildman–Crippen LogP) is 6.58. The van der Waals surface area contributed by atoms with Crippen molar-refractivity contribution in [1.82, 2.24) is 0 Å². The molecule has 0 aromatic heterocycles. The minimum absolute atomic E-state index is 0.653. The van der Waals surface area contributed by atoms with E-state index < -0.39 is 0 Å². The molecule has 0 spiro atoms. The van der Waals surface area contributed by atoms with Crippen molar-refractivity contribution in [2.24, 2.45) is 0 Å². The smallest absolute Gasteiger partial charge is 0.135 e. The Balaban J connectivity index is 2.17. The van der Waals surface area contributed by atoms with Gasteiger partial charge in [-0.25, -0.2) is 0 Å². The number of fused-ring (bicyclic) bond motifs is 2. The van der Waals surface area contributed by atoms with Crippen LogP contribution in [0.15, 0.2) is 85.1 Å². The summed E-state index contributed by atoms with van der Waals surface area (Å²) in [7, 11) is 1.71. The highest BCUT2D eigenvalue weighted by Crippen LogP contribution is 2.45. The Morgan fingerprint density at radius 2 is 1.19 bits per heavy atom. The molecular weight excluding hydrogens is 320 g/mol. The molecule has 0 saturated carbocycles. The lowest BCUT2D eigenvalue weighted by molar-refractivity contribution is 0.415. The van der Waals surface area contributed by atoms with Gasteiger partial charge in [-0.3, -0.25) is 0 Å². The van der Waals surface area contributed by atoms with Crippen LogP contribution in [-0.2, 0) is 0 Å². The van der Waals surface area contributed by atoms with Gasteiger partial charge >= 0.3 is 0 Å². The molecule has 4 aromatic rings. The van der Waals surface area contributed by atoms with Crippen LogP contribution in [0.3, 0.4) is 0 Å². The molecule has 0 aliphatic heterocycles. The number of methoxy groups -OCH3 is 1. The molecule has 0 radical (unpaired) electrons. The Hall–Kier alpha value is -3.26. The van der Waals surface area contributed by atoms with E-state index >= 15 is 0 Å². The van der Waals surface area contributed by atoms with Crippen LogP contribution in [0.5, 0.6) is 11.5 Å². The minimum atomic E-state index is 0.653. The molecule has 0 atom stereocenters. The summed E-state index contributed by atoms with van der Waals surface area (Å²) < 4.78 is 11.7. The van der Waals surface area contributed by atoms with Crippen LogP contribution in [-0.4, -0.2) is 7.11 Å².